The number of nitrogens with zero attached hydrogens (tertiary/aromatic N) is 2. The lowest BCUT2D eigenvalue weighted by Gasteiger charge is -2.19. The van der Waals surface area contributed by atoms with Crippen molar-refractivity contribution in [3.05, 3.63) is 23.6 Å². The van der Waals surface area contributed by atoms with E-state index in [1.54, 1.807) is 18.8 Å². The van der Waals surface area contributed by atoms with Crippen molar-refractivity contribution in [2.75, 3.05) is 13.2 Å². The van der Waals surface area contributed by atoms with Gasteiger partial charge in [-0.05, 0) is 32.4 Å². The van der Waals surface area contributed by atoms with Gasteiger partial charge in [0.1, 0.15) is 12.9 Å². The molecule has 0 bridgehead atoms. The van der Waals surface area contributed by atoms with Crippen molar-refractivity contribution >= 4 is 12.6 Å². The predicted molar refractivity (Wildman–Crippen MR) is 76.8 cm³/mol. The van der Waals surface area contributed by atoms with E-state index in [1.165, 1.54) is 0 Å². The van der Waals surface area contributed by atoms with Gasteiger partial charge in [-0.25, -0.2) is 0 Å². The number of rotatable bonds is 8. The topological polar surface area (TPSA) is 67.2 Å². The van der Waals surface area contributed by atoms with Crippen molar-refractivity contribution in [1.29, 1.82) is 0 Å². The lowest BCUT2D eigenvalue weighted by molar-refractivity contribution is 0.139. The smallest absolute Gasteiger partial charge is 0.114 e. The van der Waals surface area contributed by atoms with Gasteiger partial charge in [0.05, 0.1) is 12.4 Å². The van der Waals surface area contributed by atoms with Crippen LogP contribution in [-0.2, 0) is 9.68 Å². The third-order valence-corrected chi connectivity index (χ3v) is 2.52. The van der Waals surface area contributed by atoms with Crippen LogP contribution in [0.4, 0.5) is 0 Å². The Balaban J connectivity index is 2.53. The standard InChI is InChI=1S/C13H22N4O2/c1-4-16-19-9-7-13-11(3)12(14-10-15-13)6-8-17-18-5-2/h7-10,13,16H,4-6H2,1-3H3,(H,14,15)/b9-7+,17-8-. The van der Waals surface area contributed by atoms with Crippen molar-refractivity contribution in [3.8, 4) is 0 Å². The van der Waals surface area contributed by atoms with Gasteiger partial charge in [0.25, 0.3) is 0 Å². The minimum atomic E-state index is -0.00426. The number of hydroxylamine groups is 1. The lowest BCUT2D eigenvalue weighted by Crippen LogP contribution is -2.23. The molecule has 0 spiro atoms. The first kappa shape index (κ1) is 15.2. The maximum Gasteiger partial charge on any atom is 0.114 e. The average Bonchev–Trinajstić information content (AvgIpc) is 2.43. The summed E-state index contributed by atoms with van der Waals surface area (Å²) in [5.74, 6) is 0. The summed E-state index contributed by atoms with van der Waals surface area (Å²) >= 11 is 0. The second kappa shape index (κ2) is 9.16. The summed E-state index contributed by atoms with van der Waals surface area (Å²) in [5, 5.41) is 6.96. The molecule has 1 aliphatic heterocycles. The Morgan fingerprint density at radius 1 is 1.53 bits per heavy atom. The zero-order chi connectivity index (χ0) is 13.9. The Morgan fingerprint density at radius 2 is 2.37 bits per heavy atom. The van der Waals surface area contributed by atoms with Gasteiger partial charge < -0.3 is 15.0 Å². The molecule has 1 rings (SSSR count). The SMILES string of the molecule is CCNO/C=C/C1N=CNC(C/C=N\OCC)=C1C. The van der Waals surface area contributed by atoms with Crippen LogP contribution < -0.4 is 10.8 Å². The monoisotopic (exact) mass is 266 g/mol. The molecule has 0 radical (unpaired) electrons. The van der Waals surface area contributed by atoms with Crippen LogP contribution >= 0.6 is 0 Å². The highest BCUT2D eigenvalue weighted by molar-refractivity contribution is 5.67. The number of hydrogen-bond donors (Lipinski definition) is 2. The third kappa shape index (κ3) is 5.56. The normalized spacial score (nSPS) is 19.2. The zero-order valence-electron chi connectivity index (χ0n) is 11.7. The Hall–Kier alpha value is -1.82. The Bertz CT molecular complexity index is 375. The largest absolute Gasteiger partial charge is 0.417 e. The van der Waals surface area contributed by atoms with Gasteiger partial charge in [-0.1, -0.05) is 5.16 Å². The van der Waals surface area contributed by atoms with Crippen LogP contribution in [0.15, 0.2) is 33.8 Å². The number of nitrogens with one attached hydrogen (secondary N) is 2. The van der Waals surface area contributed by atoms with Crippen molar-refractivity contribution < 1.29 is 9.68 Å². The Morgan fingerprint density at radius 3 is 3.11 bits per heavy atom. The summed E-state index contributed by atoms with van der Waals surface area (Å²) < 4.78 is 0. The number of oxime groups is 1. The summed E-state index contributed by atoms with van der Waals surface area (Å²) in [6, 6.07) is -0.00426. The second-order valence-electron chi connectivity index (χ2n) is 3.88. The fourth-order valence-corrected chi connectivity index (χ4v) is 1.51. The van der Waals surface area contributed by atoms with Crippen LogP contribution in [0.1, 0.15) is 27.2 Å². The van der Waals surface area contributed by atoms with E-state index in [4.69, 9.17) is 9.68 Å². The van der Waals surface area contributed by atoms with Crippen LogP contribution in [0.25, 0.3) is 0 Å². The fourth-order valence-electron chi connectivity index (χ4n) is 1.51. The Kier molecular flexibility index (Phi) is 7.34. The van der Waals surface area contributed by atoms with Gasteiger partial charge in [0.15, 0.2) is 0 Å². The second-order valence-corrected chi connectivity index (χ2v) is 3.88. The molecular formula is C13H22N4O2. The van der Waals surface area contributed by atoms with Crippen LogP contribution in [0.3, 0.4) is 0 Å². The molecule has 0 fully saturated rings. The van der Waals surface area contributed by atoms with Gasteiger partial charge in [0, 0.05) is 24.9 Å². The molecule has 6 nitrogen and oxygen atoms in total. The highest BCUT2D eigenvalue weighted by Crippen LogP contribution is 2.16. The highest BCUT2D eigenvalue weighted by Gasteiger charge is 2.13. The summed E-state index contributed by atoms with van der Waals surface area (Å²) in [6.45, 7) is 7.25. The van der Waals surface area contributed by atoms with E-state index >= 15 is 0 Å². The maximum atomic E-state index is 5.09. The minimum absolute atomic E-state index is 0.00426. The summed E-state index contributed by atoms with van der Waals surface area (Å²) in [4.78, 5) is 14.3. The molecule has 2 N–H and O–H groups in total. The maximum absolute atomic E-state index is 5.09. The molecule has 1 aliphatic rings. The van der Waals surface area contributed by atoms with Crippen molar-refractivity contribution in [3.63, 3.8) is 0 Å². The first-order valence-corrected chi connectivity index (χ1v) is 6.46. The van der Waals surface area contributed by atoms with E-state index in [2.05, 4.69) is 20.9 Å². The van der Waals surface area contributed by atoms with Gasteiger partial charge in [-0.3, -0.25) is 4.99 Å². The van der Waals surface area contributed by atoms with Crippen LogP contribution in [-0.4, -0.2) is 31.7 Å². The summed E-state index contributed by atoms with van der Waals surface area (Å²) in [6.07, 6.45) is 7.64. The van der Waals surface area contributed by atoms with Crippen LogP contribution in [0.5, 0.6) is 0 Å². The highest BCUT2D eigenvalue weighted by atomic mass is 16.6. The van der Waals surface area contributed by atoms with E-state index in [0.29, 0.717) is 13.0 Å². The Labute approximate surface area is 114 Å². The number of hydrogen-bond acceptors (Lipinski definition) is 6. The van der Waals surface area contributed by atoms with Gasteiger partial charge in [-0.15, -0.1) is 0 Å². The van der Waals surface area contributed by atoms with E-state index in [1.807, 2.05) is 26.8 Å². The van der Waals surface area contributed by atoms with Crippen molar-refractivity contribution in [2.24, 2.45) is 10.1 Å². The van der Waals surface area contributed by atoms with E-state index in [0.717, 1.165) is 17.8 Å². The molecule has 0 aromatic heterocycles. The first-order valence-electron chi connectivity index (χ1n) is 6.46. The molecule has 0 aromatic rings. The van der Waals surface area contributed by atoms with Gasteiger partial charge in [-0.2, -0.15) is 5.48 Å². The quantitative estimate of drug-likeness (QED) is 0.304. The molecule has 0 saturated carbocycles. The first-order chi connectivity index (χ1) is 9.29. The molecule has 0 aliphatic carbocycles. The van der Waals surface area contributed by atoms with Crippen molar-refractivity contribution in [2.45, 2.75) is 33.2 Å². The van der Waals surface area contributed by atoms with Gasteiger partial charge >= 0.3 is 0 Å². The number of allylic oxidation sites excluding steroid dienone is 1. The number of aliphatic imine (C=N–C) groups is 1. The molecule has 19 heavy (non-hydrogen) atoms. The van der Waals surface area contributed by atoms with E-state index in [9.17, 15) is 0 Å². The molecule has 0 amide bonds. The zero-order valence-corrected chi connectivity index (χ0v) is 11.7. The van der Waals surface area contributed by atoms with Crippen molar-refractivity contribution in [1.82, 2.24) is 10.8 Å². The summed E-state index contributed by atoms with van der Waals surface area (Å²) in [5.41, 5.74) is 4.97. The molecule has 1 heterocycles. The van der Waals surface area contributed by atoms with E-state index in [-0.39, 0.29) is 6.04 Å². The van der Waals surface area contributed by atoms with Gasteiger partial charge in [0.2, 0.25) is 0 Å². The molecule has 0 saturated heterocycles. The lowest BCUT2D eigenvalue weighted by atomic mass is 10.0. The van der Waals surface area contributed by atoms with Crippen LogP contribution in [0, 0.1) is 0 Å². The molecule has 1 unspecified atom stereocenters. The molecule has 0 aromatic carbocycles. The fraction of sp³-hybridized carbons (Fsp3) is 0.538. The molecular weight excluding hydrogens is 244 g/mol. The predicted octanol–water partition coefficient (Wildman–Crippen LogP) is 1.73. The minimum Gasteiger partial charge on any atom is -0.417 e. The van der Waals surface area contributed by atoms with Crippen LogP contribution in [0.2, 0.25) is 0 Å². The molecule has 6 heteroatoms. The average molecular weight is 266 g/mol. The molecule has 106 valence electrons. The molecule has 1 atom stereocenters. The summed E-state index contributed by atoms with van der Waals surface area (Å²) in [7, 11) is 0. The third-order valence-electron chi connectivity index (χ3n) is 2.52. The van der Waals surface area contributed by atoms with E-state index < -0.39 is 0 Å².